The molecule has 4 aromatic rings. The van der Waals surface area contributed by atoms with Gasteiger partial charge in [0.05, 0.1) is 24.1 Å². The number of methoxy groups -OCH3 is 1. The van der Waals surface area contributed by atoms with Crippen LogP contribution in [0.2, 0.25) is 0 Å². The lowest BCUT2D eigenvalue weighted by Crippen LogP contribution is -2.30. The highest BCUT2D eigenvalue weighted by molar-refractivity contribution is 6.10. The molecule has 0 saturated heterocycles. The molecular weight excluding hydrogens is 420 g/mol. The monoisotopic (exact) mass is 442 g/mol. The molecule has 2 aromatic carbocycles. The Balaban J connectivity index is 1.83. The summed E-state index contributed by atoms with van der Waals surface area (Å²) in [6.45, 7) is 5.76. The lowest BCUT2D eigenvalue weighted by atomic mass is 9.97. The summed E-state index contributed by atoms with van der Waals surface area (Å²) in [5, 5.41) is 10.5. The number of ether oxygens (including phenoxy) is 1. The van der Waals surface area contributed by atoms with Gasteiger partial charge in [0, 0.05) is 6.20 Å². The summed E-state index contributed by atoms with van der Waals surface area (Å²) in [6.07, 6.45) is 1.67. The summed E-state index contributed by atoms with van der Waals surface area (Å²) in [4.78, 5) is 33.2. The number of pyridine rings is 1. The number of carbonyl (C=O) groups excluding carboxylic acids is 1. The van der Waals surface area contributed by atoms with E-state index in [4.69, 9.17) is 9.15 Å². The third-order valence-electron chi connectivity index (χ3n) is 6.15. The number of amides is 1. The summed E-state index contributed by atoms with van der Waals surface area (Å²) in [5.74, 6) is 0.139. The second-order valence-corrected chi connectivity index (χ2v) is 8.31. The van der Waals surface area contributed by atoms with Gasteiger partial charge in [-0.1, -0.05) is 12.1 Å². The number of rotatable bonds is 3. The predicted molar refractivity (Wildman–Crippen MR) is 124 cm³/mol. The number of hydrogen-bond acceptors (Lipinski definition) is 6. The van der Waals surface area contributed by atoms with Gasteiger partial charge in [-0.3, -0.25) is 14.5 Å². The average molecular weight is 442 g/mol. The number of aromatic hydroxyl groups is 1. The van der Waals surface area contributed by atoms with Gasteiger partial charge in [-0.15, -0.1) is 0 Å². The van der Waals surface area contributed by atoms with E-state index >= 15 is 0 Å². The van der Waals surface area contributed by atoms with E-state index < -0.39 is 11.9 Å². The SMILES string of the molecule is COc1cc([C@H]2c3c(oc4cc(C)c(C)cc4c3=O)C(=O)N2c2ccc(C)cn2)ccc1O. The number of nitrogens with zero attached hydrogens (tertiary/aromatic N) is 2. The number of anilines is 1. The van der Waals surface area contributed by atoms with Crippen LogP contribution in [-0.4, -0.2) is 23.1 Å². The quantitative estimate of drug-likeness (QED) is 0.499. The summed E-state index contributed by atoms with van der Waals surface area (Å²) in [5.41, 5.74) is 3.80. The minimum Gasteiger partial charge on any atom is -0.504 e. The molecule has 33 heavy (non-hydrogen) atoms. The van der Waals surface area contributed by atoms with Crippen LogP contribution in [0.25, 0.3) is 11.0 Å². The van der Waals surface area contributed by atoms with Gasteiger partial charge < -0.3 is 14.3 Å². The Morgan fingerprint density at radius 3 is 2.48 bits per heavy atom. The van der Waals surface area contributed by atoms with Crippen LogP contribution in [0.1, 0.15) is 44.4 Å². The maximum absolute atomic E-state index is 13.7. The van der Waals surface area contributed by atoms with Crippen LogP contribution in [0.4, 0.5) is 5.82 Å². The van der Waals surface area contributed by atoms with Gasteiger partial charge in [-0.25, -0.2) is 4.98 Å². The fourth-order valence-electron chi connectivity index (χ4n) is 4.25. The molecule has 0 spiro atoms. The topological polar surface area (TPSA) is 92.9 Å². The molecule has 0 radical (unpaired) electrons. The van der Waals surface area contributed by atoms with Gasteiger partial charge in [0.1, 0.15) is 11.4 Å². The van der Waals surface area contributed by atoms with Gasteiger partial charge in [0.25, 0.3) is 5.91 Å². The van der Waals surface area contributed by atoms with E-state index in [1.165, 1.54) is 18.1 Å². The number of carbonyl (C=O) groups is 1. The average Bonchev–Trinajstić information content (AvgIpc) is 3.09. The van der Waals surface area contributed by atoms with Crippen molar-refractivity contribution < 1.29 is 19.1 Å². The Labute approximate surface area is 189 Å². The van der Waals surface area contributed by atoms with Gasteiger partial charge in [-0.2, -0.15) is 0 Å². The standard InChI is InChI=1S/C26H22N2O5/c1-13-5-8-21(27-12-13)28-23(16-6-7-18(29)20(11-16)32-4)22-24(30)17-9-14(2)15(3)10-19(17)33-25(22)26(28)31/h5-12,23,29H,1-4H3/t23-/m0/s1. The smallest absolute Gasteiger partial charge is 0.296 e. The summed E-state index contributed by atoms with van der Waals surface area (Å²) >= 11 is 0. The van der Waals surface area contributed by atoms with Crippen molar-refractivity contribution in [1.82, 2.24) is 4.98 Å². The molecule has 7 heteroatoms. The lowest BCUT2D eigenvalue weighted by Gasteiger charge is -2.24. The van der Waals surface area contributed by atoms with Crippen LogP contribution >= 0.6 is 0 Å². The fourth-order valence-corrected chi connectivity index (χ4v) is 4.25. The number of hydrogen-bond donors (Lipinski definition) is 1. The number of aromatic nitrogens is 1. The van der Waals surface area contributed by atoms with Crippen molar-refractivity contribution in [3.63, 3.8) is 0 Å². The Bertz CT molecular complexity index is 1490. The van der Waals surface area contributed by atoms with Crippen molar-refractivity contribution in [2.24, 2.45) is 0 Å². The van der Waals surface area contributed by atoms with Crippen LogP contribution in [0.3, 0.4) is 0 Å². The Hall–Kier alpha value is -4.13. The molecular formula is C26H22N2O5. The molecule has 0 unspecified atom stereocenters. The molecule has 2 aromatic heterocycles. The molecule has 1 aliphatic rings. The zero-order valence-corrected chi connectivity index (χ0v) is 18.7. The number of phenols is 1. The highest BCUT2D eigenvalue weighted by Gasteiger charge is 2.44. The van der Waals surface area contributed by atoms with Crippen LogP contribution in [0.15, 0.2) is 57.9 Å². The number of fused-ring (bicyclic) bond motifs is 2. The fraction of sp³-hybridized carbons (Fsp3) is 0.192. The molecule has 0 bridgehead atoms. The molecule has 0 saturated carbocycles. The first kappa shape index (κ1) is 20.8. The summed E-state index contributed by atoms with van der Waals surface area (Å²) < 4.78 is 11.3. The first-order chi connectivity index (χ1) is 15.8. The maximum atomic E-state index is 13.7. The van der Waals surface area contributed by atoms with E-state index in [-0.39, 0.29) is 28.3 Å². The van der Waals surface area contributed by atoms with Crippen molar-refractivity contribution >= 4 is 22.7 Å². The Morgan fingerprint density at radius 2 is 1.79 bits per heavy atom. The van der Waals surface area contributed by atoms with Gasteiger partial charge in [0.15, 0.2) is 16.9 Å². The third-order valence-corrected chi connectivity index (χ3v) is 6.15. The zero-order chi connectivity index (χ0) is 23.4. The third kappa shape index (κ3) is 3.16. The minimum atomic E-state index is -0.792. The molecule has 166 valence electrons. The first-order valence-corrected chi connectivity index (χ1v) is 10.5. The zero-order valence-electron chi connectivity index (χ0n) is 18.7. The minimum absolute atomic E-state index is 0.00447. The van der Waals surface area contributed by atoms with Crippen molar-refractivity contribution in [1.29, 1.82) is 0 Å². The molecule has 7 nitrogen and oxygen atoms in total. The van der Waals surface area contributed by atoms with Crippen LogP contribution in [0.5, 0.6) is 11.5 Å². The second kappa shape index (κ2) is 7.48. The number of benzene rings is 2. The van der Waals surface area contributed by atoms with E-state index in [1.54, 1.807) is 36.5 Å². The summed E-state index contributed by atoms with van der Waals surface area (Å²) in [7, 11) is 1.44. The second-order valence-electron chi connectivity index (χ2n) is 8.31. The van der Waals surface area contributed by atoms with Gasteiger partial charge in [-0.05, 0) is 73.4 Å². The maximum Gasteiger partial charge on any atom is 0.296 e. The highest BCUT2D eigenvalue weighted by Crippen LogP contribution is 2.42. The van der Waals surface area contributed by atoms with Crippen LogP contribution < -0.4 is 15.1 Å². The molecule has 1 amide bonds. The van der Waals surface area contributed by atoms with E-state index in [2.05, 4.69) is 4.98 Å². The number of phenolic OH excluding ortho intramolecular Hbond substituents is 1. The van der Waals surface area contributed by atoms with Crippen molar-refractivity contribution in [2.45, 2.75) is 26.8 Å². The number of aryl methyl sites for hydroxylation is 3. The van der Waals surface area contributed by atoms with E-state index in [0.29, 0.717) is 22.4 Å². The molecule has 5 rings (SSSR count). The van der Waals surface area contributed by atoms with Crippen LogP contribution in [0, 0.1) is 20.8 Å². The molecule has 0 fully saturated rings. The van der Waals surface area contributed by atoms with Crippen molar-refractivity contribution in [3.8, 4) is 11.5 Å². The molecule has 1 N–H and O–H groups in total. The molecule has 0 aliphatic carbocycles. The largest absolute Gasteiger partial charge is 0.504 e. The van der Waals surface area contributed by atoms with Crippen molar-refractivity contribution in [3.05, 3.63) is 92.5 Å². The molecule has 1 aliphatic heterocycles. The van der Waals surface area contributed by atoms with Crippen molar-refractivity contribution in [2.75, 3.05) is 12.0 Å². The molecule has 1 atom stereocenters. The predicted octanol–water partition coefficient (Wildman–Crippen LogP) is 4.58. The normalized spacial score (nSPS) is 15.2. The molecule has 3 heterocycles. The Kier molecular flexibility index (Phi) is 4.70. The van der Waals surface area contributed by atoms with Gasteiger partial charge in [0.2, 0.25) is 5.76 Å². The highest BCUT2D eigenvalue weighted by atomic mass is 16.5. The Morgan fingerprint density at radius 1 is 1.03 bits per heavy atom. The van der Waals surface area contributed by atoms with E-state index in [0.717, 1.165) is 16.7 Å². The van der Waals surface area contributed by atoms with E-state index in [9.17, 15) is 14.7 Å². The van der Waals surface area contributed by atoms with E-state index in [1.807, 2.05) is 26.8 Å². The summed E-state index contributed by atoms with van der Waals surface area (Å²) in [6, 6.07) is 11.1. The lowest BCUT2D eigenvalue weighted by molar-refractivity contribution is 0.0970. The first-order valence-electron chi connectivity index (χ1n) is 10.5. The van der Waals surface area contributed by atoms with Crippen LogP contribution in [-0.2, 0) is 0 Å². The van der Waals surface area contributed by atoms with Gasteiger partial charge >= 0.3 is 0 Å².